The predicted molar refractivity (Wildman–Crippen MR) is 36.2 cm³/mol. The first-order chi connectivity index (χ1) is 2.91. The van der Waals surface area contributed by atoms with Crippen LogP contribution in [0.2, 0.25) is 0 Å². The average Bonchev–Trinajstić information content (AvgIpc) is 1.61. The second-order valence-corrected chi connectivity index (χ2v) is 2.57. The highest BCUT2D eigenvalue weighted by Gasteiger charge is 1.76. The van der Waals surface area contributed by atoms with E-state index in [0.29, 0.717) is 0 Å². The van der Waals surface area contributed by atoms with Gasteiger partial charge in [0.25, 0.3) is 0 Å². The van der Waals surface area contributed by atoms with Gasteiger partial charge in [0.1, 0.15) is 0 Å². The van der Waals surface area contributed by atoms with Crippen molar-refractivity contribution < 1.29 is 0 Å². The molecule has 0 saturated carbocycles. The first-order valence-electron chi connectivity index (χ1n) is 1.75. The zero-order chi connectivity index (χ0) is 4.83. The van der Waals surface area contributed by atoms with Gasteiger partial charge in [-0.15, -0.1) is 0 Å². The zero-order valence-corrected chi connectivity index (χ0v) is 5.73. The summed E-state index contributed by atoms with van der Waals surface area (Å²) in [7, 11) is 0. The van der Waals surface area contributed by atoms with Gasteiger partial charge in [-0.3, -0.25) is 0 Å². The van der Waals surface area contributed by atoms with Crippen molar-refractivity contribution in [2.75, 3.05) is 18.3 Å². The van der Waals surface area contributed by atoms with E-state index in [-0.39, 0.29) is 0 Å². The molecule has 2 heteroatoms. The fraction of sp³-hybridized carbons (Fsp3) is 0.750. The normalized spacial score (nSPS) is 9.00. The smallest absolute Gasteiger partial charge is 0.0262 e. The van der Waals surface area contributed by atoms with Crippen LogP contribution in [0.5, 0.6) is 0 Å². The zero-order valence-electron chi connectivity index (χ0n) is 4.10. The lowest BCUT2D eigenvalue weighted by Gasteiger charge is -1.85. The molecule has 0 heterocycles. The molecule has 6 heavy (non-hydrogen) atoms. The van der Waals surface area contributed by atoms with Crippen LogP contribution in [-0.4, -0.2) is 18.3 Å². The lowest BCUT2D eigenvalue weighted by Crippen LogP contribution is -1.68. The van der Waals surface area contributed by atoms with Gasteiger partial charge >= 0.3 is 0 Å². The Labute approximate surface area is 48.1 Å². The Morgan fingerprint density at radius 3 is 2.33 bits per heavy atom. The molecular formula is C4H9S2. The predicted octanol–water partition coefficient (Wildman–Crippen LogP) is 1.87. The molecule has 0 aliphatic carbocycles. The van der Waals surface area contributed by atoms with E-state index in [1.165, 1.54) is 5.75 Å². The van der Waals surface area contributed by atoms with Crippen LogP contribution in [0.25, 0.3) is 0 Å². The first-order valence-corrected chi connectivity index (χ1v) is 4.43. The van der Waals surface area contributed by atoms with Gasteiger partial charge in [-0.2, -0.15) is 23.5 Å². The van der Waals surface area contributed by atoms with Gasteiger partial charge in [0.2, 0.25) is 0 Å². The lowest BCUT2D eigenvalue weighted by atomic mass is 11.0. The molecule has 0 aromatic heterocycles. The van der Waals surface area contributed by atoms with E-state index in [0.717, 1.165) is 0 Å². The van der Waals surface area contributed by atoms with Crippen LogP contribution in [0.3, 0.4) is 0 Å². The summed E-state index contributed by atoms with van der Waals surface area (Å²) >= 11 is 3.63. The van der Waals surface area contributed by atoms with Gasteiger partial charge in [-0.1, -0.05) is 0 Å². The van der Waals surface area contributed by atoms with Crippen LogP contribution >= 0.6 is 23.5 Å². The Morgan fingerprint density at radius 2 is 2.17 bits per heavy atom. The Balaban J connectivity index is 2.34. The Kier molecular flexibility index (Phi) is 6.36. The quantitative estimate of drug-likeness (QED) is 0.523. The van der Waals surface area contributed by atoms with E-state index >= 15 is 0 Å². The second kappa shape index (κ2) is 5.70. The summed E-state index contributed by atoms with van der Waals surface area (Å²) in [5, 5.41) is 0. The van der Waals surface area contributed by atoms with Gasteiger partial charge in [0.05, 0.1) is 0 Å². The highest BCUT2D eigenvalue weighted by molar-refractivity contribution is 8.03. The summed E-state index contributed by atoms with van der Waals surface area (Å²) in [5.41, 5.74) is 0. The van der Waals surface area contributed by atoms with Gasteiger partial charge in [0.15, 0.2) is 0 Å². The minimum atomic E-state index is 1.17. The Bertz CT molecular complexity index is 17.5. The molecule has 0 nitrogen and oxygen atoms in total. The second-order valence-electron chi connectivity index (χ2n) is 0.858. The molecule has 0 rings (SSSR count). The van der Waals surface area contributed by atoms with Crippen LogP contribution in [0.4, 0.5) is 0 Å². The van der Waals surface area contributed by atoms with Crippen molar-refractivity contribution in [3.8, 4) is 0 Å². The fourth-order valence-electron chi connectivity index (χ4n) is 0.136. The van der Waals surface area contributed by atoms with Gasteiger partial charge in [0, 0.05) is 11.5 Å². The fourth-order valence-corrected chi connectivity index (χ4v) is 1.22. The van der Waals surface area contributed by atoms with Crippen LogP contribution in [0.1, 0.15) is 0 Å². The van der Waals surface area contributed by atoms with Crippen LogP contribution in [0, 0.1) is 5.75 Å². The first kappa shape index (κ1) is 6.70. The van der Waals surface area contributed by atoms with Gasteiger partial charge in [-0.25, -0.2) is 0 Å². The molecule has 0 N–H and O–H groups in total. The SMILES string of the molecule is CS[CH]CSC. The summed E-state index contributed by atoms with van der Waals surface area (Å²) in [6.07, 6.45) is 4.18. The van der Waals surface area contributed by atoms with Crippen LogP contribution < -0.4 is 0 Å². The summed E-state index contributed by atoms with van der Waals surface area (Å²) in [4.78, 5) is 0. The van der Waals surface area contributed by atoms with Crippen molar-refractivity contribution in [1.29, 1.82) is 0 Å². The van der Waals surface area contributed by atoms with Crippen molar-refractivity contribution >= 4 is 23.5 Å². The van der Waals surface area contributed by atoms with E-state index in [9.17, 15) is 0 Å². The molecule has 0 aliphatic rings. The Morgan fingerprint density at radius 1 is 1.50 bits per heavy atom. The van der Waals surface area contributed by atoms with Crippen LogP contribution in [0.15, 0.2) is 0 Å². The summed E-state index contributed by atoms with van der Waals surface area (Å²) < 4.78 is 0. The van der Waals surface area contributed by atoms with Crippen molar-refractivity contribution in [3.05, 3.63) is 5.75 Å². The molecule has 0 fully saturated rings. The molecule has 0 aliphatic heterocycles. The monoisotopic (exact) mass is 121 g/mol. The lowest BCUT2D eigenvalue weighted by molar-refractivity contribution is 1.76. The molecule has 1 radical (unpaired) electrons. The van der Waals surface area contributed by atoms with Crippen LogP contribution in [-0.2, 0) is 0 Å². The number of rotatable bonds is 3. The summed E-state index contributed by atoms with van der Waals surface area (Å²) in [5.74, 6) is 3.35. The molecule has 0 saturated heterocycles. The highest BCUT2D eigenvalue weighted by Crippen LogP contribution is 2.03. The maximum atomic E-state index is 2.19. The third-order valence-electron chi connectivity index (χ3n) is 0.401. The van der Waals surface area contributed by atoms with Crippen molar-refractivity contribution in [3.63, 3.8) is 0 Å². The van der Waals surface area contributed by atoms with E-state index in [1.807, 2.05) is 11.8 Å². The van der Waals surface area contributed by atoms with E-state index < -0.39 is 0 Å². The highest BCUT2D eigenvalue weighted by atomic mass is 32.2. The summed E-state index contributed by atoms with van der Waals surface area (Å²) in [6, 6.07) is 0. The molecule has 0 amide bonds. The molecule has 0 aromatic rings. The Hall–Kier alpha value is 0.700. The standard InChI is InChI=1S/C4H9S2/c1-5-3-4-6-2/h3H,4H2,1-2H3. The number of hydrogen-bond donors (Lipinski definition) is 0. The molecule has 37 valence electrons. The molecule has 0 bridgehead atoms. The van der Waals surface area contributed by atoms with Crippen molar-refractivity contribution in [2.45, 2.75) is 0 Å². The molecule has 0 aromatic carbocycles. The molecule has 0 atom stereocenters. The van der Waals surface area contributed by atoms with Gasteiger partial charge < -0.3 is 0 Å². The molecule has 0 spiro atoms. The third kappa shape index (κ3) is 4.70. The van der Waals surface area contributed by atoms with Gasteiger partial charge in [-0.05, 0) is 12.5 Å². The van der Waals surface area contributed by atoms with Crippen molar-refractivity contribution in [2.24, 2.45) is 0 Å². The topological polar surface area (TPSA) is 0 Å². The van der Waals surface area contributed by atoms with Crippen molar-refractivity contribution in [1.82, 2.24) is 0 Å². The van der Waals surface area contributed by atoms with E-state index in [4.69, 9.17) is 0 Å². The average molecular weight is 121 g/mol. The third-order valence-corrected chi connectivity index (χ3v) is 1.61. The van der Waals surface area contributed by atoms with E-state index in [1.54, 1.807) is 11.8 Å². The molecule has 0 unspecified atom stereocenters. The number of hydrogen-bond acceptors (Lipinski definition) is 2. The minimum absolute atomic E-state index is 1.17. The largest absolute Gasteiger partial charge is 0.164 e. The number of thioether (sulfide) groups is 2. The minimum Gasteiger partial charge on any atom is -0.164 e. The maximum Gasteiger partial charge on any atom is 0.0262 e. The summed E-state index contributed by atoms with van der Waals surface area (Å²) in [6.45, 7) is 0. The molecular weight excluding hydrogens is 112 g/mol. The van der Waals surface area contributed by atoms with E-state index in [2.05, 4.69) is 18.3 Å². The maximum absolute atomic E-state index is 2.19.